The summed E-state index contributed by atoms with van der Waals surface area (Å²) in [5.41, 5.74) is 5.42. The number of methoxy groups -OCH3 is 1. The number of rotatable bonds is 5. The zero-order chi connectivity index (χ0) is 24.5. The SMILES string of the molecule is CO[C@@]1(c2ccc(-c3cc4c(N5CCN(C(=O)OC6COC6)CC5)ccnn4c3)cc2)CCCNC1. The number of amides is 1. The van der Waals surface area contributed by atoms with Crippen molar-refractivity contribution in [2.24, 2.45) is 0 Å². The maximum atomic E-state index is 12.4. The number of piperazine rings is 1. The number of nitrogens with one attached hydrogen (secondary N) is 1. The van der Waals surface area contributed by atoms with Gasteiger partial charge in [0.05, 0.1) is 24.4 Å². The highest BCUT2D eigenvalue weighted by atomic mass is 16.6. The summed E-state index contributed by atoms with van der Waals surface area (Å²) in [6.45, 7) is 5.65. The van der Waals surface area contributed by atoms with Crippen LogP contribution < -0.4 is 10.2 Å². The lowest BCUT2D eigenvalue weighted by molar-refractivity contribution is -0.104. The normalized spacial score (nSPS) is 23.0. The van der Waals surface area contributed by atoms with Gasteiger partial charge in [-0.2, -0.15) is 5.10 Å². The molecule has 1 aromatic carbocycles. The number of hydrogen-bond acceptors (Lipinski definition) is 7. The smallest absolute Gasteiger partial charge is 0.410 e. The summed E-state index contributed by atoms with van der Waals surface area (Å²) in [5, 5.41) is 8.03. The standard InChI is InChI=1S/C27H33N5O4/c1-34-27(8-2-9-28-19-27)22-5-3-20(4-6-22)21-15-25-24(7-10-29-32(25)16-21)30-11-13-31(14-12-30)26(33)36-23-17-35-18-23/h3-7,10,15-16,23,28H,2,8-9,11-14,17-19H2,1H3/t27-/m0/s1. The van der Waals surface area contributed by atoms with Crippen LogP contribution in [0.5, 0.6) is 0 Å². The molecule has 36 heavy (non-hydrogen) atoms. The lowest BCUT2D eigenvalue weighted by Gasteiger charge is -2.37. The van der Waals surface area contributed by atoms with Crippen molar-refractivity contribution in [1.29, 1.82) is 0 Å². The second kappa shape index (κ2) is 9.72. The average Bonchev–Trinajstić information content (AvgIpc) is 3.36. The third-order valence-electron chi connectivity index (χ3n) is 7.72. The molecule has 1 N–H and O–H groups in total. The molecule has 1 amide bonds. The van der Waals surface area contributed by atoms with Gasteiger partial charge in [0.2, 0.25) is 0 Å². The Labute approximate surface area is 210 Å². The molecule has 190 valence electrons. The molecule has 3 aliphatic heterocycles. The number of carbonyl (C=O) groups is 1. The summed E-state index contributed by atoms with van der Waals surface area (Å²) in [4.78, 5) is 16.5. The maximum Gasteiger partial charge on any atom is 0.410 e. The minimum absolute atomic E-state index is 0.0945. The van der Waals surface area contributed by atoms with Gasteiger partial charge in [0, 0.05) is 57.8 Å². The van der Waals surface area contributed by atoms with E-state index in [2.05, 4.69) is 57.9 Å². The van der Waals surface area contributed by atoms with Crippen molar-refractivity contribution in [2.75, 3.05) is 64.5 Å². The molecule has 9 heteroatoms. The summed E-state index contributed by atoms with van der Waals surface area (Å²) in [6, 6.07) is 13.0. The van der Waals surface area contributed by atoms with E-state index >= 15 is 0 Å². The maximum absolute atomic E-state index is 12.4. The van der Waals surface area contributed by atoms with E-state index in [4.69, 9.17) is 14.2 Å². The second-order valence-corrected chi connectivity index (χ2v) is 9.85. The van der Waals surface area contributed by atoms with Gasteiger partial charge in [-0.15, -0.1) is 0 Å². The van der Waals surface area contributed by atoms with E-state index in [0.29, 0.717) is 26.3 Å². The van der Waals surface area contributed by atoms with Crippen molar-refractivity contribution in [2.45, 2.75) is 24.5 Å². The number of benzene rings is 1. The van der Waals surface area contributed by atoms with Crippen LogP contribution >= 0.6 is 0 Å². The number of piperidine rings is 1. The van der Waals surface area contributed by atoms with Gasteiger partial charge in [0.1, 0.15) is 5.60 Å². The second-order valence-electron chi connectivity index (χ2n) is 9.85. The van der Waals surface area contributed by atoms with E-state index in [0.717, 1.165) is 61.4 Å². The topological polar surface area (TPSA) is 80.6 Å². The number of hydrogen-bond donors (Lipinski definition) is 1. The number of ether oxygens (including phenoxy) is 3. The molecule has 3 fully saturated rings. The summed E-state index contributed by atoms with van der Waals surface area (Å²) >= 11 is 0. The van der Waals surface area contributed by atoms with Gasteiger partial charge >= 0.3 is 6.09 Å². The van der Waals surface area contributed by atoms with E-state index in [1.165, 1.54) is 5.56 Å². The molecule has 0 radical (unpaired) electrons. The Morgan fingerprint density at radius 2 is 1.92 bits per heavy atom. The third kappa shape index (κ3) is 4.31. The zero-order valence-electron chi connectivity index (χ0n) is 20.7. The molecule has 3 aromatic rings. The van der Waals surface area contributed by atoms with Crippen LogP contribution in [0.4, 0.5) is 10.5 Å². The Morgan fingerprint density at radius 3 is 2.58 bits per heavy atom. The van der Waals surface area contributed by atoms with Gasteiger partial charge < -0.3 is 29.3 Å². The van der Waals surface area contributed by atoms with Crippen molar-refractivity contribution in [3.05, 3.63) is 54.4 Å². The highest BCUT2D eigenvalue weighted by Gasteiger charge is 2.34. The summed E-state index contributed by atoms with van der Waals surface area (Å²) in [6.07, 6.45) is 5.72. The van der Waals surface area contributed by atoms with Gasteiger partial charge in [-0.1, -0.05) is 24.3 Å². The van der Waals surface area contributed by atoms with Gasteiger partial charge in [-0.25, -0.2) is 9.31 Å². The highest BCUT2D eigenvalue weighted by molar-refractivity contribution is 5.80. The number of nitrogens with zero attached hydrogens (tertiary/aromatic N) is 4. The van der Waals surface area contributed by atoms with E-state index in [-0.39, 0.29) is 17.8 Å². The van der Waals surface area contributed by atoms with Crippen LogP contribution in [0.25, 0.3) is 16.6 Å². The van der Waals surface area contributed by atoms with Gasteiger partial charge in [0.25, 0.3) is 0 Å². The first-order valence-corrected chi connectivity index (χ1v) is 12.8. The Kier molecular flexibility index (Phi) is 6.29. The molecule has 0 bridgehead atoms. The van der Waals surface area contributed by atoms with Crippen molar-refractivity contribution in [3.63, 3.8) is 0 Å². The minimum atomic E-state index is -0.253. The van der Waals surface area contributed by atoms with Gasteiger partial charge in [0.15, 0.2) is 6.10 Å². The molecule has 0 unspecified atom stereocenters. The van der Waals surface area contributed by atoms with Gasteiger partial charge in [-0.05, 0) is 42.6 Å². The van der Waals surface area contributed by atoms with E-state index in [1.807, 2.05) is 10.7 Å². The van der Waals surface area contributed by atoms with E-state index in [9.17, 15) is 4.79 Å². The molecule has 1 atom stereocenters. The fraction of sp³-hybridized carbons (Fsp3) is 0.481. The van der Waals surface area contributed by atoms with Crippen LogP contribution in [0.3, 0.4) is 0 Å². The molecular formula is C27H33N5O4. The average molecular weight is 492 g/mol. The fourth-order valence-electron chi connectivity index (χ4n) is 5.44. The summed E-state index contributed by atoms with van der Waals surface area (Å²) < 4.78 is 18.5. The molecule has 3 aliphatic rings. The largest absolute Gasteiger partial charge is 0.441 e. The summed E-state index contributed by atoms with van der Waals surface area (Å²) in [7, 11) is 1.81. The Bertz CT molecular complexity index is 1210. The van der Waals surface area contributed by atoms with Crippen molar-refractivity contribution in [1.82, 2.24) is 19.8 Å². The lowest BCUT2D eigenvalue weighted by atomic mass is 9.85. The van der Waals surface area contributed by atoms with Crippen molar-refractivity contribution in [3.8, 4) is 11.1 Å². The molecule has 0 spiro atoms. The van der Waals surface area contributed by atoms with Crippen LogP contribution in [0.1, 0.15) is 18.4 Å². The molecule has 6 rings (SSSR count). The third-order valence-corrected chi connectivity index (χ3v) is 7.72. The van der Waals surface area contributed by atoms with Crippen LogP contribution in [0.2, 0.25) is 0 Å². The first kappa shape index (κ1) is 23.3. The van der Waals surface area contributed by atoms with Crippen molar-refractivity contribution >= 4 is 17.3 Å². The van der Waals surface area contributed by atoms with E-state index in [1.54, 1.807) is 12.0 Å². The van der Waals surface area contributed by atoms with Crippen LogP contribution in [0.15, 0.2) is 48.8 Å². The quantitative estimate of drug-likeness (QED) is 0.588. The molecule has 5 heterocycles. The fourth-order valence-corrected chi connectivity index (χ4v) is 5.44. The molecule has 2 aromatic heterocycles. The number of anilines is 1. The first-order chi connectivity index (χ1) is 17.6. The first-order valence-electron chi connectivity index (χ1n) is 12.8. The molecule has 0 aliphatic carbocycles. The predicted molar refractivity (Wildman–Crippen MR) is 136 cm³/mol. The molecule has 3 saturated heterocycles. The highest BCUT2D eigenvalue weighted by Crippen LogP contribution is 2.34. The lowest BCUT2D eigenvalue weighted by Crippen LogP contribution is -2.51. The molecule has 0 saturated carbocycles. The number of fused-ring (bicyclic) bond motifs is 1. The zero-order valence-corrected chi connectivity index (χ0v) is 20.7. The number of aromatic nitrogens is 2. The Hall–Kier alpha value is -3.14. The number of carbonyl (C=O) groups excluding carboxylic acids is 1. The Balaban J connectivity index is 1.18. The predicted octanol–water partition coefficient (Wildman–Crippen LogP) is 2.88. The monoisotopic (exact) mass is 491 g/mol. The molecule has 9 nitrogen and oxygen atoms in total. The van der Waals surface area contributed by atoms with Gasteiger partial charge in [-0.3, -0.25) is 0 Å². The van der Waals surface area contributed by atoms with Crippen molar-refractivity contribution < 1.29 is 19.0 Å². The molecular weight excluding hydrogens is 458 g/mol. The van der Waals surface area contributed by atoms with E-state index < -0.39 is 0 Å². The summed E-state index contributed by atoms with van der Waals surface area (Å²) in [5.74, 6) is 0. The van der Waals surface area contributed by atoms with Crippen LogP contribution in [0, 0.1) is 0 Å². The van der Waals surface area contributed by atoms with Crippen LogP contribution in [-0.2, 0) is 19.8 Å². The minimum Gasteiger partial charge on any atom is -0.441 e. The Morgan fingerprint density at radius 1 is 1.11 bits per heavy atom. The van der Waals surface area contributed by atoms with Crippen LogP contribution in [-0.4, -0.2) is 86.3 Å².